The Labute approximate surface area is 347 Å². The van der Waals surface area contributed by atoms with Crippen molar-refractivity contribution in [1.29, 1.82) is 0 Å². The number of hydrogen-bond donors (Lipinski definition) is 6. The molecular weight excluding hydrogens is 761 g/mol. The molecular formula is C45H51N10O5. The molecule has 3 aliphatic heterocycles. The minimum Gasteiger partial charge on any atom is -0.508 e. The Morgan fingerprint density at radius 2 is 1.50 bits per heavy atom. The van der Waals surface area contributed by atoms with Gasteiger partial charge in [0.15, 0.2) is 0 Å². The van der Waals surface area contributed by atoms with Gasteiger partial charge in [0.1, 0.15) is 23.5 Å². The number of amides is 3. The van der Waals surface area contributed by atoms with Crippen LogP contribution in [0.1, 0.15) is 80.4 Å². The zero-order valence-corrected chi connectivity index (χ0v) is 34.3. The van der Waals surface area contributed by atoms with E-state index in [1.807, 2.05) is 70.2 Å². The van der Waals surface area contributed by atoms with E-state index in [1.165, 1.54) is 5.06 Å². The molecule has 0 unspecified atom stereocenters. The first kappa shape index (κ1) is 39.4. The van der Waals surface area contributed by atoms with Gasteiger partial charge in [0.2, 0.25) is 17.7 Å². The van der Waals surface area contributed by atoms with Crippen LogP contribution in [0, 0.1) is 0 Å². The summed E-state index contributed by atoms with van der Waals surface area (Å²) in [5, 5.41) is 44.4. The second kappa shape index (κ2) is 15.2. The molecule has 311 valence electrons. The lowest BCUT2D eigenvalue weighted by Crippen LogP contribution is -2.60. The van der Waals surface area contributed by atoms with E-state index >= 15 is 0 Å². The molecule has 1 fully saturated rings. The number of hydrogen-bond acceptors (Lipinski definition) is 8. The lowest BCUT2D eigenvalue weighted by molar-refractivity contribution is -0.293. The van der Waals surface area contributed by atoms with Crippen molar-refractivity contribution in [3.63, 3.8) is 0 Å². The Balaban J connectivity index is 0.963. The SMILES string of the molecule is CC1(C)CC(n2cc(CNC(=O)[C@@H](Cc3ccc(O)cc3)NC(=O)[C@@H]3Cc4c([nH]c5ccccc45)CN3C(=O)[C@@H]3Cc4c([nH]c5ccccc45)CN3)nn2)CC(C)(C)N1[O]. The zero-order chi connectivity index (χ0) is 41.9. The first-order valence-corrected chi connectivity index (χ1v) is 20.7. The van der Waals surface area contributed by atoms with Gasteiger partial charge in [-0.3, -0.25) is 19.7 Å². The fourth-order valence-electron chi connectivity index (χ4n) is 9.81. The second-order valence-corrected chi connectivity index (χ2v) is 17.9. The van der Waals surface area contributed by atoms with Crippen molar-refractivity contribution in [3.05, 3.63) is 113 Å². The third-order valence-corrected chi connectivity index (χ3v) is 12.7. The van der Waals surface area contributed by atoms with E-state index in [2.05, 4.69) is 42.3 Å². The van der Waals surface area contributed by atoms with Gasteiger partial charge in [0.05, 0.1) is 31.4 Å². The average molecular weight is 812 g/mol. The minimum atomic E-state index is -1.03. The van der Waals surface area contributed by atoms with E-state index in [-0.39, 0.29) is 43.6 Å². The Bertz CT molecular complexity index is 2570. The van der Waals surface area contributed by atoms with Crippen LogP contribution in [0.15, 0.2) is 79.0 Å². The van der Waals surface area contributed by atoms with Crippen molar-refractivity contribution in [2.75, 3.05) is 0 Å². The molecule has 1 radical (unpaired) electrons. The first-order valence-electron chi connectivity index (χ1n) is 20.7. The van der Waals surface area contributed by atoms with E-state index in [9.17, 15) is 24.7 Å². The van der Waals surface area contributed by atoms with Crippen molar-refractivity contribution >= 4 is 39.5 Å². The summed E-state index contributed by atoms with van der Waals surface area (Å²) < 4.78 is 1.78. The van der Waals surface area contributed by atoms with E-state index in [0.717, 1.165) is 49.9 Å². The molecule has 0 bridgehead atoms. The average Bonchev–Trinajstić information content (AvgIpc) is 3.96. The summed E-state index contributed by atoms with van der Waals surface area (Å²) >= 11 is 0. The zero-order valence-electron chi connectivity index (χ0n) is 34.3. The fourth-order valence-corrected chi connectivity index (χ4v) is 9.81. The number of phenolic OH excluding ortho intramolecular Hbond substituents is 1. The standard InChI is InChI=1S/C45H51N10O5/c1-44(2)20-28(21-45(3,4)55(44)60)54-24-27(51-52-54)22-47-41(57)36(17-26-13-15-29(56)16-14-26)50-42(58)40-19-33-31-10-6-8-12-35(31)49-39(33)25-53(40)43(59)37-18-32-30-9-5-7-11-34(30)48-38(32)23-46-37/h5-16,24,28,36-37,40,46,48-49,56H,17-23,25H2,1-4H3,(H,47,57)(H,50,58)/t36-,37+,40+/m1/s1. The van der Waals surface area contributed by atoms with Gasteiger partial charge in [-0.15, -0.1) is 15.4 Å². The summed E-state index contributed by atoms with van der Waals surface area (Å²) in [7, 11) is 0. The van der Waals surface area contributed by atoms with Gasteiger partial charge in [-0.05, 0) is 87.9 Å². The molecule has 15 heteroatoms. The Morgan fingerprint density at radius 1 is 0.867 bits per heavy atom. The quantitative estimate of drug-likeness (QED) is 0.123. The highest BCUT2D eigenvalue weighted by atomic mass is 16.5. The molecule has 6 aromatic rings. The maximum absolute atomic E-state index is 14.7. The normalized spacial score (nSPS) is 20.7. The van der Waals surface area contributed by atoms with Crippen molar-refractivity contribution in [2.45, 2.75) is 115 Å². The molecule has 9 rings (SSSR count). The molecule has 60 heavy (non-hydrogen) atoms. The third-order valence-electron chi connectivity index (χ3n) is 12.7. The summed E-state index contributed by atoms with van der Waals surface area (Å²) in [4.78, 5) is 52.2. The predicted molar refractivity (Wildman–Crippen MR) is 224 cm³/mol. The minimum absolute atomic E-state index is 0.0503. The number of aromatic nitrogens is 5. The summed E-state index contributed by atoms with van der Waals surface area (Å²) in [6.07, 6.45) is 3.85. The number of benzene rings is 3. The molecule has 3 amide bonds. The predicted octanol–water partition coefficient (Wildman–Crippen LogP) is 4.50. The number of carbonyl (C=O) groups is 3. The molecule has 6 heterocycles. The smallest absolute Gasteiger partial charge is 0.243 e. The molecule has 0 saturated carbocycles. The largest absolute Gasteiger partial charge is 0.508 e. The number of fused-ring (bicyclic) bond motifs is 6. The number of aromatic amines is 2. The molecule has 15 nitrogen and oxygen atoms in total. The molecule has 3 aromatic carbocycles. The van der Waals surface area contributed by atoms with Gasteiger partial charge >= 0.3 is 0 Å². The lowest BCUT2D eigenvalue weighted by Gasteiger charge is -2.49. The highest BCUT2D eigenvalue weighted by Gasteiger charge is 2.47. The Hall–Kier alpha value is -6.03. The van der Waals surface area contributed by atoms with Crippen molar-refractivity contribution in [1.82, 2.24) is 50.9 Å². The maximum atomic E-state index is 14.7. The summed E-state index contributed by atoms with van der Waals surface area (Å²) in [6, 6.07) is 20.0. The van der Waals surface area contributed by atoms with Gasteiger partial charge in [0.25, 0.3) is 0 Å². The molecule has 3 aromatic heterocycles. The number of hydroxylamine groups is 2. The van der Waals surface area contributed by atoms with E-state index in [1.54, 1.807) is 40.0 Å². The number of para-hydroxylation sites is 2. The van der Waals surface area contributed by atoms with E-state index < -0.39 is 41.0 Å². The van der Waals surface area contributed by atoms with Crippen LogP contribution >= 0.6 is 0 Å². The molecule has 6 N–H and O–H groups in total. The van der Waals surface area contributed by atoms with Crippen LogP contribution in [0.2, 0.25) is 0 Å². The molecule has 0 spiro atoms. The fraction of sp³-hybridized carbons (Fsp3) is 0.400. The van der Waals surface area contributed by atoms with Crippen LogP contribution in [-0.2, 0) is 58.5 Å². The Morgan fingerprint density at radius 3 is 2.18 bits per heavy atom. The van der Waals surface area contributed by atoms with E-state index in [0.29, 0.717) is 31.5 Å². The first-order chi connectivity index (χ1) is 28.7. The van der Waals surface area contributed by atoms with Gasteiger partial charge in [-0.25, -0.2) is 4.68 Å². The monoisotopic (exact) mass is 811 g/mol. The van der Waals surface area contributed by atoms with Crippen LogP contribution in [0.5, 0.6) is 5.75 Å². The number of nitrogens with zero attached hydrogens (tertiary/aromatic N) is 5. The molecule has 1 saturated heterocycles. The summed E-state index contributed by atoms with van der Waals surface area (Å²) in [5.74, 6) is -0.981. The van der Waals surface area contributed by atoms with Gasteiger partial charge in [0, 0.05) is 63.7 Å². The highest BCUT2D eigenvalue weighted by Crippen LogP contribution is 2.42. The highest BCUT2D eigenvalue weighted by molar-refractivity contribution is 5.96. The number of phenols is 1. The van der Waals surface area contributed by atoms with Crippen LogP contribution in [-0.4, -0.2) is 87.0 Å². The van der Waals surface area contributed by atoms with Crippen molar-refractivity contribution in [2.24, 2.45) is 0 Å². The van der Waals surface area contributed by atoms with Gasteiger partial charge in [-0.1, -0.05) is 53.7 Å². The van der Waals surface area contributed by atoms with E-state index in [4.69, 9.17) is 0 Å². The number of H-pyrrole nitrogens is 2. The number of rotatable bonds is 9. The lowest BCUT2D eigenvalue weighted by atomic mass is 9.79. The molecule has 0 aliphatic carbocycles. The summed E-state index contributed by atoms with van der Waals surface area (Å²) in [5.41, 5.74) is 6.04. The van der Waals surface area contributed by atoms with Gasteiger partial charge < -0.3 is 30.6 Å². The number of aromatic hydroxyl groups is 1. The third kappa shape index (κ3) is 7.41. The second-order valence-electron chi connectivity index (χ2n) is 17.9. The summed E-state index contributed by atoms with van der Waals surface area (Å²) in [6.45, 7) is 8.48. The molecule has 3 aliphatic rings. The number of nitrogens with one attached hydrogen (secondary N) is 5. The van der Waals surface area contributed by atoms with Crippen molar-refractivity contribution < 1.29 is 24.7 Å². The van der Waals surface area contributed by atoms with Crippen LogP contribution in [0.4, 0.5) is 0 Å². The van der Waals surface area contributed by atoms with Crippen LogP contribution in [0.25, 0.3) is 21.8 Å². The van der Waals surface area contributed by atoms with Crippen molar-refractivity contribution in [3.8, 4) is 5.75 Å². The van der Waals surface area contributed by atoms with Gasteiger partial charge in [-0.2, -0.15) is 0 Å². The van der Waals surface area contributed by atoms with Crippen LogP contribution < -0.4 is 16.0 Å². The molecule has 3 atom stereocenters. The number of piperidine rings is 1. The maximum Gasteiger partial charge on any atom is 0.243 e. The topological polar surface area (TPSA) is 196 Å². The Kier molecular flexibility index (Phi) is 10.00. The van der Waals surface area contributed by atoms with Crippen LogP contribution in [0.3, 0.4) is 0 Å². The number of carbonyl (C=O) groups excluding carboxylic acids is 3.